The lowest BCUT2D eigenvalue weighted by atomic mass is 10.0. The van der Waals surface area contributed by atoms with Crippen LogP contribution in [0.25, 0.3) is 0 Å². The van der Waals surface area contributed by atoms with Crippen molar-refractivity contribution in [1.29, 1.82) is 0 Å². The van der Waals surface area contributed by atoms with Gasteiger partial charge in [-0.2, -0.15) is 0 Å². The van der Waals surface area contributed by atoms with Crippen LogP contribution in [0, 0.1) is 0 Å². The molecule has 0 rings (SSSR count). The smallest absolute Gasteiger partial charge is 0.306 e. The van der Waals surface area contributed by atoms with E-state index in [-0.39, 0.29) is 25.8 Å². The fraction of sp³-hybridized carbons (Fsp3) is 0.977. The molecule has 0 heterocycles. The average Bonchev–Trinajstić information content (AvgIpc) is 3.11. The maximum Gasteiger partial charge on any atom is 0.306 e. The number of unbranched alkanes of at least 4 members (excludes halogenated alkanes) is 29. The van der Waals surface area contributed by atoms with E-state index in [2.05, 4.69) is 13.8 Å². The molecule has 0 aliphatic carbocycles. The lowest BCUT2D eigenvalue weighted by molar-refractivity contribution is -0.870. The van der Waals surface area contributed by atoms with Crippen molar-refractivity contribution in [2.45, 2.75) is 225 Å². The lowest BCUT2D eigenvalue weighted by Gasteiger charge is -2.28. The number of carbonyl (C=O) groups is 1. The maximum atomic E-state index is 12.7. The van der Waals surface area contributed by atoms with Gasteiger partial charge >= 0.3 is 5.97 Å². The molecule has 53 heavy (non-hydrogen) atoms. The number of rotatable bonds is 43. The maximum absolute atomic E-state index is 12.7. The van der Waals surface area contributed by atoms with Crippen molar-refractivity contribution < 1.29 is 37.3 Å². The van der Waals surface area contributed by atoms with Crippen molar-refractivity contribution in [3.63, 3.8) is 0 Å². The van der Waals surface area contributed by atoms with Crippen LogP contribution in [-0.2, 0) is 27.9 Å². The highest BCUT2D eigenvalue weighted by atomic mass is 31.2. The fourth-order valence-corrected chi connectivity index (χ4v) is 7.34. The summed E-state index contributed by atoms with van der Waals surface area (Å²) < 4.78 is 34.6. The minimum absolute atomic E-state index is 0.0313. The van der Waals surface area contributed by atoms with Gasteiger partial charge in [-0.3, -0.25) is 9.36 Å². The summed E-state index contributed by atoms with van der Waals surface area (Å²) in [5.74, 6) is -0.328. The molecule has 0 N–H and O–H groups in total. The third-order valence-corrected chi connectivity index (χ3v) is 11.1. The van der Waals surface area contributed by atoms with Gasteiger partial charge < -0.3 is 27.9 Å². The van der Waals surface area contributed by atoms with Gasteiger partial charge in [-0.1, -0.05) is 200 Å². The van der Waals surface area contributed by atoms with E-state index in [4.69, 9.17) is 18.5 Å². The number of nitrogens with zero attached hydrogens (tertiary/aromatic N) is 1. The third kappa shape index (κ3) is 42.5. The molecule has 0 aromatic carbocycles. The van der Waals surface area contributed by atoms with Crippen LogP contribution < -0.4 is 4.89 Å². The Morgan fingerprint density at radius 3 is 1.25 bits per heavy atom. The number of esters is 1. The van der Waals surface area contributed by atoms with Crippen molar-refractivity contribution in [2.75, 3.05) is 54.1 Å². The Morgan fingerprint density at radius 1 is 0.509 bits per heavy atom. The molecule has 0 aliphatic heterocycles. The Balaban J connectivity index is 4.13. The van der Waals surface area contributed by atoms with Crippen molar-refractivity contribution in [3.05, 3.63) is 0 Å². The third-order valence-electron chi connectivity index (χ3n) is 10.2. The summed E-state index contributed by atoms with van der Waals surface area (Å²) in [7, 11) is 1.37. The van der Waals surface area contributed by atoms with Gasteiger partial charge in [0.1, 0.15) is 19.3 Å². The predicted octanol–water partition coefficient (Wildman–Crippen LogP) is 12.6. The standard InChI is InChI=1S/C44H90NO7P/c1-6-8-10-12-14-16-18-20-21-22-23-24-25-26-27-29-31-33-35-37-44(46)52-43(42-51-53(47,48)50-40-38-45(3,4)5)41-49-39-36-34-32-30-28-19-17-15-13-11-9-7-2/h43H,6-42H2,1-5H3/t43-/m1/s1. The van der Waals surface area contributed by atoms with Crippen molar-refractivity contribution >= 4 is 13.8 Å². The molecule has 8 nitrogen and oxygen atoms in total. The summed E-state index contributed by atoms with van der Waals surface area (Å²) >= 11 is 0. The number of quaternary nitrogens is 1. The van der Waals surface area contributed by atoms with Gasteiger partial charge in [0.15, 0.2) is 0 Å². The van der Waals surface area contributed by atoms with E-state index in [9.17, 15) is 14.3 Å². The second-order valence-electron chi connectivity index (χ2n) is 16.8. The molecule has 0 radical (unpaired) electrons. The van der Waals surface area contributed by atoms with E-state index in [0.29, 0.717) is 24.1 Å². The number of hydrogen-bond donors (Lipinski definition) is 0. The van der Waals surface area contributed by atoms with Crippen LogP contribution in [0.2, 0.25) is 0 Å². The molecule has 9 heteroatoms. The molecule has 318 valence electrons. The van der Waals surface area contributed by atoms with Crippen molar-refractivity contribution in [2.24, 2.45) is 0 Å². The number of phosphoric ester groups is 1. The minimum atomic E-state index is -4.51. The van der Waals surface area contributed by atoms with Crippen LogP contribution in [0.4, 0.5) is 0 Å². The monoisotopic (exact) mass is 776 g/mol. The molecular weight excluding hydrogens is 685 g/mol. The van der Waals surface area contributed by atoms with Crippen LogP contribution in [0.5, 0.6) is 0 Å². The second kappa shape index (κ2) is 38.4. The average molecular weight is 776 g/mol. The molecule has 1 unspecified atom stereocenters. The van der Waals surface area contributed by atoms with Crippen LogP contribution in [0.3, 0.4) is 0 Å². The number of ether oxygens (including phenoxy) is 2. The summed E-state index contributed by atoms with van der Waals surface area (Å²) in [5, 5.41) is 0. The zero-order valence-corrected chi connectivity index (χ0v) is 36.9. The number of likely N-dealkylation sites (N-methyl/N-ethyl adjacent to an activating group) is 1. The summed E-state index contributed by atoms with van der Waals surface area (Å²) in [6, 6.07) is 0. The first-order chi connectivity index (χ1) is 25.6. The minimum Gasteiger partial charge on any atom is -0.756 e. The molecule has 0 bridgehead atoms. The molecule has 0 aliphatic rings. The van der Waals surface area contributed by atoms with E-state index >= 15 is 0 Å². The number of hydrogen-bond acceptors (Lipinski definition) is 7. The summed E-state index contributed by atoms with van der Waals surface area (Å²) in [4.78, 5) is 25.0. The summed E-state index contributed by atoms with van der Waals surface area (Å²) in [6.07, 6.45) is 39.7. The van der Waals surface area contributed by atoms with Gasteiger partial charge in [-0.25, -0.2) is 0 Å². The fourth-order valence-electron chi connectivity index (χ4n) is 6.61. The molecule has 0 fully saturated rings. The Labute approximate surface area is 329 Å². The molecule has 0 aromatic rings. The molecule has 0 saturated heterocycles. The quantitative estimate of drug-likeness (QED) is 0.0263. The lowest BCUT2D eigenvalue weighted by Crippen LogP contribution is -2.37. The first-order valence-electron chi connectivity index (χ1n) is 22.8. The Bertz CT molecular complexity index is 822. The van der Waals surface area contributed by atoms with E-state index < -0.39 is 13.9 Å². The Morgan fingerprint density at radius 2 is 0.868 bits per heavy atom. The Hall–Kier alpha value is -0.500. The second-order valence-corrected chi connectivity index (χ2v) is 18.2. The molecular formula is C44H90NO7P. The normalized spacial score (nSPS) is 13.7. The van der Waals surface area contributed by atoms with Crippen LogP contribution in [0.15, 0.2) is 0 Å². The van der Waals surface area contributed by atoms with Gasteiger partial charge in [0.2, 0.25) is 0 Å². The van der Waals surface area contributed by atoms with Crippen LogP contribution >= 0.6 is 7.82 Å². The van der Waals surface area contributed by atoms with Gasteiger partial charge in [-0.05, 0) is 12.8 Å². The predicted molar refractivity (Wildman–Crippen MR) is 222 cm³/mol. The van der Waals surface area contributed by atoms with Gasteiger partial charge in [-0.15, -0.1) is 0 Å². The topological polar surface area (TPSA) is 94.1 Å². The Kier molecular flexibility index (Phi) is 38.0. The highest BCUT2D eigenvalue weighted by Gasteiger charge is 2.20. The van der Waals surface area contributed by atoms with E-state index in [1.807, 2.05) is 21.1 Å². The molecule has 0 aromatic heterocycles. The highest BCUT2D eigenvalue weighted by molar-refractivity contribution is 7.45. The van der Waals surface area contributed by atoms with Crippen molar-refractivity contribution in [1.82, 2.24) is 0 Å². The first kappa shape index (κ1) is 52.5. The van der Waals surface area contributed by atoms with Crippen molar-refractivity contribution in [3.8, 4) is 0 Å². The molecule has 0 spiro atoms. The zero-order chi connectivity index (χ0) is 39.1. The van der Waals surface area contributed by atoms with Gasteiger partial charge in [0.25, 0.3) is 7.82 Å². The van der Waals surface area contributed by atoms with Gasteiger partial charge in [0.05, 0.1) is 34.4 Å². The largest absolute Gasteiger partial charge is 0.756 e. The molecule has 0 saturated carbocycles. The summed E-state index contributed by atoms with van der Waals surface area (Å²) in [6.45, 7) is 5.47. The van der Waals surface area contributed by atoms with Crippen LogP contribution in [0.1, 0.15) is 219 Å². The highest BCUT2D eigenvalue weighted by Crippen LogP contribution is 2.38. The molecule has 2 atom stereocenters. The summed E-state index contributed by atoms with van der Waals surface area (Å²) in [5.41, 5.74) is 0. The van der Waals surface area contributed by atoms with Crippen LogP contribution in [-0.4, -0.2) is 70.7 Å². The number of carbonyl (C=O) groups excluding carboxylic acids is 1. The zero-order valence-electron chi connectivity index (χ0n) is 36.0. The number of phosphoric acid groups is 1. The van der Waals surface area contributed by atoms with E-state index in [1.165, 1.54) is 167 Å². The first-order valence-corrected chi connectivity index (χ1v) is 24.2. The van der Waals surface area contributed by atoms with E-state index in [0.717, 1.165) is 32.1 Å². The van der Waals surface area contributed by atoms with Gasteiger partial charge in [0, 0.05) is 13.0 Å². The van der Waals surface area contributed by atoms with E-state index in [1.54, 1.807) is 0 Å². The SMILES string of the molecule is CCCCCCCCCCCCCCCCCCCCCC(=O)O[C@H](COCCCCCCCCCCCCCC)COP(=O)([O-])OCC[N+](C)(C)C. The molecule has 0 amide bonds.